The number of nitrogens with zero attached hydrogens (tertiary/aromatic N) is 3. The first-order valence-corrected chi connectivity index (χ1v) is 8.10. The minimum absolute atomic E-state index is 0.461. The number of aromatic nitrogens is 2. The number of anilines is 3. The summed E-state index contributed by atoms with van der Waals surface area (Å²) in [6.07, 6.45) is 0. The number of aryl methyl sites for hydroxylation is 2. The van der Waals surface area contributed by atoms with Crippen molar-refractivity contribution < 1.29 is 8.42 Å². The molecule has 0 radical (unpaired) electrons. The summed E-state index contributed by atoms with van der Waals surface area (Å²) in [6.45, 7) is 3.78. The summed E-state index contributed by atoms with van der Waals surface area (Å²) in [5.41, 5.74) is 2.88. The Bertz CT molecular complexity index is 754. The average molecular weight is 321 g/mol. The molecule has 2 N–H and O–H groups in total. The van der Waals surface area contributed by atoms with Crippen molar-refractivity contribution in [1.29, 1.82) is 0 Å². The molecule has 8 heteroatoms. The maximum atomic E-state index is 11.8. The molecule has 0 unspecified atom stereocenters. The van der Waals surface area contributed by atoms with E-state index in [0.717, 1.165) is 15.7 Å². The summed E-state index contributed by atoms with van der Waals surface area (Å²) >= 11 is 0. The van der Waals surface area contributed by atoms with Crippen LogP contribution in [-0.4, -0.2) is 36.8 Å². The second-order valence-electron chi connectivity index (χ2n) is 5.07. The van der Waals surface area contributed by atoms with E-state index in [-0.39, 0.29) is 0 Å². The summed E-state index contributed by atoms with van der Waals surface area (Å²) in [4.78, 5) is 8.59. The van der Waals surface area contributed by atoms with Gasteiger partial charge < -0.3 is 5.32 Å². The van der Waals surface area contributed by atoms with Crippen LogP contribution in [0, 0.1) is 13.8 Å². The Morgan fingerprint density at radius 2 is 1.59 bits per heavy atom. The molecule has 1 aromatic heterocycles. The zero-order valence-corrected chi connectivity index (χ0v) is 13.8. The largest absolute Gasteiger partial charge is 0.324 e. The van der Waals surface area contributed by atoms with Crippen molar-refractivity contribution in [2.45, 2.75) is 13.8 Å². The zero-order chi connectivity index (χ0) is 16.3. The molecule has 118 valence electrons. The van der Waals surface area contributed by atoms with Gasteiger partial charge in [0.25, 0.3) is 0 Å². The number of nitrogens with one attached hydrogen (secondary N) is 2. The summed E-state index contributed by atoms with van der Waals surface area (Å²) < 4.78 is 27.3. The van der Waals surface area contributed by atoms with Crippen molar-refractivity contribution in [3.8, 4) is 0 Å². The van der Waals surface area contributed by atoms with E-state index in [1.807, 2.05) is 26.0 Å². The van der Waals surface area contributed by atoms with E-state index in [1.165, 1.54) is 14.1 Å². The van der Waals surface area contributed by atoms with Crippen molar-refractivity contribution in [2.24, 2.45) is 0 Å². The van der Waals surface area contributed by atoms with Crippen molar-refractivity contribution in [2.75, 3.05) is 24.1 Å². The number of benzene rings is 1. The van der Waals surface area contributed by atoms with Crippen molar-refractivity contribution in [3.05, 3.63) is 41.7 Å². The summed E-state index contributed by atoms with van der Waals surface area (Å²) in [6, 6.07) is 8.80. The second kappa shape index (κ2) is 6.29. The van der Waals surface area contributed by atoms with E-state index < -0.39 is 10.2 Å². The molecule has 0 aliphatic carbocycles. The van der Waals surface area contributed by atoms with Crippen molar-refractivity contribution >= 4 is 27.5 Å². The van der Waals surface area contributed by atoms with Crippen LogP contribution in [0.1, 0.15) is 11.4 Å². The normalized spacial score (nSPS) is 11.5. The lowest BCUT2D eigenvalue weighted by molar-refractivity contribution is 0.527. The van der Waals surface area contributed by atoms with Crippen LogP contribution in [0.4, 0.5) is 17.3 Å². The lowest BCUT2D eigenvalue weighted by Crippen LogP contribution is -2.28. The highest BCUT2D eigenvalue weighted by atomic mass is 32.2. The quantitative estimate of drug-likeness (QED) is 0.880. The van der Waals surface area contributed by atoms with Crippen LogP contribution in [0.15, 0.2) is 30.3 Å². The first kappa shape index (κ1) is 16.2. The second-order valence-corrected chi connectivity index (χ2v) is 6.95. The predicted molar refractivity (Wildman–Crippen MR) is 87.5 cm³/mol. The molecule has 0 fully saturated rings. The number of rotatable bonds is 5. The molecule has 0 bridgehead atoms. The minimum Gasteiger partial charge on any atom is -0.324 e. The van der Waals surface area contributed by atoms with Crippen LogP contribution in [-0.2, 0) is 10.2 Å². The van der Waals surface area contributed by atoms with Gasteiger partial charge in [0.2, 0.25) is 5.95 Å². The highest BCUT2D eigenvalue weighted by Gasteiger charge is 2.13. The van der Waals surface area contributed by atoms with Crippen LogP contribution >= 0.6 is 0 Å². The van der Waals surface area contributed by atoms with Gasteiger partial charge in [-0.1, -0.05) is 6.07 Å². The molecule has 7 nitrogen and oxygen atoms in total. The number of hydrogen-bond acceptors (Lipinski definition) is 5. The highest BCUT2D eigenvalue weighted by Crippen LogP contribution is 2.19. The molecule has 2 aromatic rings. The van der Waals surface area contributed by atoms with E-state index >= 15 is 0 Å². The molecule has 1 heterocycles. The van der Waals surface area contributed by atoms with Gasteiger partial charge in [-0.15, -0.1) is 0 Å². The molecule has 0 atom stereocenters. The minimum atomic E-state index is -3.53. The monoisotopic (exact) mass is 321 g/mol. The van der Waals surface area contributed by atoms with Gasteiger partial charge in [0, 0.05) is 31.2 Å². The van der Waals surface area contributed by atoms with Crippen LogP contribution < -0.4 is 10.0 Å². The van der Waals surface area contributed by atoms with E-state index in [4.69, 9.17) is 0 Å². The Kier molecular flexibility index (Phi) is 4.62. The fourth-order valence-electron chi connectivity index (χ4n) is 1.81. The lowest BCUT2D eigenvalue weighted by Gasteiger charge is -2.14. The summed E-state index contributed by atoms with van der Waals surface area (Å²) in [5, 5.41) is 3.07. The van der Waals surface area contributed by atoms with E-state index in [9.17, 15) is 8.42 Å². The summed E-state index contributed by atoms with van der Waals surface area (Å²) in [7, 11) is -0.598. The number of hydrogen-bond donors (Lipinski definition) is 2. The fourth-order valence-corrected chi connectivity index (χ4v) is 2.42. The van der Waals surface area contributed by atoms with Crippen LogP contribution in [0.2, 0.25) is 0 Å². The van der Waals surface area contributed by atoms with Crippen molar-refractivity contribution in [3.63, 3.8) is 0 Å². The van der Waals surface area contributed by atoms with Gasteiger partial charge >= 0.3 is 10.2 Å². The Balaban J connectivity index is 2.22. The molecule has 1 aromatic carbocycles. The van der Waals surface area contributed by atoms with Crippen LogP contribution in [0.3, 0.4) is 0 Å². The zero-order valence-electron chi connectivity index (χ0n) is 13.0. The smallest absolute Gasteiger partial charge is 0.301 e. The third kappa shape index (κ3) is 4.15. The van der Waals surface area contributed by atoms with Gasteiger partial charge in [0.1, 0.15) is 0 Å². The Hall–Kier alpha value is -2.19. The molecule has 0 aliphatic rings. The maximum Gasteiger partial charge on any atom is 0.301 e. The van der Waals surface area contributed by atoms with Crippen LogP contribution in [0.25, 0.3) is 0 Å². The fraction of sp³-hybridized carbons (Fsp3) is 0.286. The molecule has 0 amide bonds. The average Bonchev–Trinajstić information content (AvgIpc) is 2.36. The SMILES string of the molecule is Cc1cc(C)nc(Nc2cccc(NS(=O)(=O)N(C)C)c2)n1. The van der Waals surface area contributed by atoms with Gasteiger partial charge in [-0.3, -0.25) is 4.72 Å². The molecule has 0 spiro atoms. The third-order valence-corrected chi connectivity index (χ3v) is 4.28. The third-order valence-electron chi connectivity index (χ3n) is 2.83. The lowest BCUT2D eigenvalue weighted by atomic mass is 10.3. The Labute approximate surface area is 130 Å². The van der Waals surface area contributed by atoms with Crippen LogP contribution in [0.5, 0.6) is 0 Å². The standard InChI is InChI=1S/C14H19N5O2S/c1-10-8-11(2)16-14(15-10)17-12-6-5-7-13(9-12)18-22(20,21)19(3)4/h5-9,18H,1-4H3,(H,15,16,17). The predicted octanol–water partition coefficient (Wildman–Crippen LogP) is 2.06. The van der Waals surface area contributed by atoms with E-state index in [0.29, 0.717) is 17.3 Å². The molecule has 2 rings (SSSR count). The topological polar surface area (TPSA) is 87.2 Å². The summed E-state index contributed by atoms with van der Waals surface area (Å²) in [5.74, 6) is 0.477. The molecule has 0 saturated carbocycles. The van der Waals surface area contributed by atoms with Gasteiger partial charge in [0.15, 0.2) is 0 Å². The molecule has 0 aliphatic heterocycles. The van der Waals surface area contributed by atoms with Gasteiger partial charge in [-0.2, -0.15) is 12.7 Å². The first-order valence-electron chi connectivity index (χ1n) is 6.66. The Morgan fingerprint density at radius 1 is 1.00 bits per heavy atom. The Morgan fingerprint density at radius 3 is 2.18 bits per heavy atom. The molecule has 22 heavy (non-hydrogen) atoms. The highest BCUT2D eigenvalue weighted by molar-refractivity contribution is 7.90. The molecule has 0 saturated heterocycles. The van der Waals surface area contributed by atoms with E-state index in [1.54, 1.807) is 18.2 Å². The first-order chi connectivity index (χ1) is 10.3. The van der Waals surface area contributed by atoms with Gasteiger partial charge in [-0.25, -0.2) is 9.97 Å². The van der Waals surface area contributed by atoms with E-state index in [2.05, 4.69) is 20.0 Å². The van der Waals surface area contributed by atoms with Gasteiger partial charge in [-0.05, 0) is 38.1 Å². The maximum absolute atomic E-state index is 11.8. The molecular weight excluding hydrogens is 302 g/mol. The van der Waals surface area contributed by atoms with Gasteiger partial charge in [0.05, 0.1) is 5.69 Å². The molecular formula is C14H19N5O2S. The van der Waals surface area contributed by atoms with Crippen molar-refractivity contribution in [1.82, 2.24) is 14.3 Å².